The molecule has 0 amide bonds. The third kappa shape index (κ3) is 2.71. The van der Waals surface area contributed by atoms with E-state index in [1.165, 1.54) is 6.20 Å². The van der Waals surface area contributed by atoms with Crippen LogP contribution in [0.3, 0.4) is 0 Å². The van der Waals surface area contributed by atoms with E-state index in [1.807, 2.05) is 44.2 Å². The normalized spacial score (nSPS) is 25.6. The van der Waals surface area contributed by atoms with Crippen LogP contribution in [0.25, 0.3) is 0 Å². The number of carbonyl (C=O) groups is 1. The van der Waals surface area contributed by atoms with Gasteiger partial charge in [-0.1, -0.05) is 44.2 Å². The fraction of sp³-hybridized carbons (Fsp3) is 0.429. The fourth-order valence-corrected chi connectivity index (χ4v) is 7.01. The van der Waals surface area contributed by atoms with Crippen LogP contribution in [0, 0.1) is 11.3 Å². The molecule has 4 rings (SSSR count). The molecule has 2 aliphatic carbocycles. The molecule has 2 saturated carbocycles. The van der Waals surface area contributed by atoms with E-state index in [0.717, 1.165) is 12.0 Å². The van der Waals surface area contributed by atoms with Crippen molar-refractivity contribution in [2.24, 2.45) is 11.3 Å². The summed E-state index contributed by atoms with van der Waals surface area (Å²) in [4.78, 5) is 16.9. The quantitative estimate of drug-likeness (QED) is 0.801. The monoisotopic (exact) mass is 400 g/mol. The van der Waals surface area contributed by atoms with Gasteiger partial charge in [-0.3, -0.25) is 9.52 Å². The second-order valence-corrected chi connectivity index (χ2v) is 10.0. The third-order valence-corrected chi connectivity index (χ3v) is 8.82. The van der Waals surface area contributed by atoms with Crippen molar-refractivity contribution < 1.29 is 17.9 Å². The van der Waals surface area contributed by atoms with Gasteiger partial charge in [0.2, 0.25) is 10.0 Å². The van der Waals surface area contributed by atoms with E-state index in [-0.39, 0.29) is 17.5 Å². The summed E-state index contributed by atoms with van der Waals surface area (Å²) in [5.41, 5.74) is 0.361. The summed E-state index contributed by atoms with van der Waals surface area (Å²) in [7, 11) is -3.99. The molecule has 2 bridgehead atoms. The van der Waals surface area contributed by atoms with Gasteiger partial charge >= 0.3 is 0 Å². The van der Waals surface area contributed by atoms with Gasteiger partial charge in [0.1, 0.15) is 6.61 Å². The van der Waals surface area contributed by atoms with Crippen LogP contribution in [0.1, 0.15) is 38.7 Å². The van der Waals surface area contributed by atoms with Crippen LogP contribution in [0.4, 0.5) is 5.82 Å². The van der Waals surface area contributed by atoms with E-state index in [4.69, 9.17) is 4.74 Å². The Labute approximate surface area is 165 Å². The van der Waals surface area contributed by atoms with Gasteiger partial charge in [-0.15, -0.1) is 0 Å². The molecule has 7 heteroatoms. The first-order chi connectivity index (χ1) is 13.3. The Kier molecular flexibility index (Phi) is 4.45. The van der Waals surface area contributed by atoms with E-state index in [2.05, 4.69) is 9.71 Å². The number of benzene rings is 1. The van der Waals surface area contributed by atoms with Crippen molar-refractivity contribution in [3.05, 3.63) is 54.2 Å². The molecule has 2 fully saturated rings. The summed E-state index contributed by atoms with van der Waals surface area (Å²) in [6, 6.07) is 13.0. The second kappa shape index (κ2) is 6.58. The highest BCUT2D eigenvalue weighted by molar-refractivity contribution is 7.95. The van der Waals surface area contributed by atoms with Gasteiger partial charge in [0, 0.05) is 12.6 Å². The summed E-state index contributed by atoms with van der Waals surface area (Å²) < 4.78 is 33.8. The highest BCUT2D eigenvalue weighted by Gasteiger charge is 2.71. The standard InChI is InChI=1S/C21H24N2O4S/c1-20(2)16-10-11-21(20,18(24)13-16)28(25,26)23-19-17(9-6-12-22-19)27-14-15-7-4-3-5-8-15/h3-9,12,16H,10-11,13-14H2,1-2H3,(H,22,23)/t16-,21-/m0/s1. The Morgan fingerprint density at radius 1 is 1.18 bits per heavy atom. The maximum atomic E-state index is 13.4. The number of aromatic nitrogens is 1. The summed E-state index contributed by atoms with van der Waals surface area (Å²) in [6.07, 6.45) is 2.93. The van der Waals surface area contributed by atoms with Crippen LogP contribution >= 0.6 is 0 Å². The van der Waals surface area contributed by atoms with Gasteiger partial charge in [-0.05, 0) is 41.9 Å². The molecule has 28 heavy (non-hydrogen) atoms. The zero-order chi connectivity index (χ0) is 20.0. The van der Waals surface area contributed by atoms with Gasteiger partial charge in [-0.2, -0.15) is 0 Å². The van der Waals surface area contributed by atoms with Crippen molar-refractivity contribution in [1.29, 1.82) is 0 Å². The number of hydrogen-bond acceptors (Lipinski definition) is 5. The molecule has 0 radical (unpaired) electrons. The van der Waals surface area contributed by atoms with Gasteiger partial charge in [0.15, 0.2) is 22.1 Å². The lowest BCUT2D eigenvalue weighted by atomic mass is 9.81. The average Bonchev–Trinajstić information content (AvgIpc) is 3.04. The van der Waals surface area contributed by atoms with Crippen molar-refractivity contribution in [3.8, 4) is 5.75 Å². The first-order valence-corrected chi connectivity index (χ1v) is 10.9. The van der Waals surface area contributed by atoms with Gasteiger partial charge < -0.3 is 4.74 Å². The maximum absolute atomic E-state index is 13.4. The number of rotatable bonds is 6. The van der Waals surface area contributed by atoms with Crippen molar-refractivity contribution in [2.75, 3.05) is 4.72 Å². The third-order valence-electron chi connectivity index (χ3n) is 6.49. The molecule has 1 aromatic carbocycles. The van der Waals surface area contributed by atoms with Gasteiger partial charge in [0.05, 0.1) is 0 Å². The van der Waals surface area contributed by atoms with Crippen molar-refractivity contribution in [3.63, 3.8) is 0 Å². The highest BCUT2D eigenvalue weighted by atomic mass is 32.2. The predicted molar refractivity (Wildman–Crippen MR) is 106 cm³/mol. The largest absolute Gasteiger partial charge is 0.485 e. The lowest BCUT2D eigenvalue weighted by Crippen LogP contribution is -2.53. The van der Waals surface area contributed by atoms with Crippen molar-refractivity contribution in [1.82, 2.24) is 4.98 Å². The summed E-state index contributed by atoms with van der Waals surface area (Å²) in [5, 5.41) is 0. The molecule has 2 aromatic rings. The van der Waals surface area contributed by atoms with Crippen molar-refractivity contribution in [2.45, 2.75) is 44.5 Å². The van der Waals surface area contributed by atoms with Crippen LogP contribution in [-0.2, 0) is 21.4 Å². The minimum Gasteiger partial charge on any atom is -0.485 e. The van der Waals surface area contributed by atoms with Gasteiger partial charge in [-0.25, -0.2) is 13.4 Å². The first-order valence-electron chi connectivity index (χ1n) is 9.45. The van der Waals surface area contributed by atoms with E-state index in [1.54, 1.807) is 12.1 Å². The van der Waals surface area contributed by atoms with E-state index in [0.29, 0.717) is 25.2 Å². The number of pyridine rings is 1. The molecule has 0 saturated heterocycles. The van der Waals surface area contributed by atoms with Crippen LogP contribution in [-0.4, -0.2) is 23.9 Å². The minimum atomic E-state index is -3.99. The maximum Gasteiger partial charge on any atom is 0.247 e. The number of ketones is 1. The number of fused-ring (bicyclic) bond motifs is 2. The number of anilines is 1. The molecular weight excluding hydrogens is 376 g/mol. The Bertz CT molecular complexity index is 1000. The van der Waals surface area contributed by atoms with Crippen molar-refractivity contribution >= 4 is 21.6 Å². The predicted octanol–water partition coefficient (Wildman–Crippen LogP) is 3.55. The number of nitrogens with zero attached hydrogens (tertiary/aromatic N) is 1. The summed E-state index contributed by atoms with van der Waals surface area (Å²) in [5.74, 6) is 0.369. The molecule has 0 aliphatic heterocycles. The molecule has 2 atom stereocenters. The SMILES string of the molecule is CC1(C)[C@H]2CC[C@]1(S(=O)(=O)Nc1ncccc1OCc1ccccc1)C(=O)C2. The molecule has 6 nitrogen and oxygen atoms in total. The average molecular weight is 401 g/mol. The first kappa shape index (κ1) is 18.9. The number of Topliss-reactive ketones (excluding diaryl/α,β-unsaturated/α-hetero) is 1. The van der Waals surface area contributed by atoms with Crippen LogP contribution in [0.2, 0.25) is 0 Å². The van der Waals surface area contributed by atoms with E-state index >= 15 is 0 Å². The smallest absolute Gasteiger partial charge is 0.247 e. The number of carbonyl (C=O) groups excluding carboxylic acids is 1. The zero-order valence-electron chi connectivity index (χ0n) is 16.0. The van der Waals surface area contributed by atoms with E-state index in [9.17, 15) is 13.2 Å². The highest BCUT2D eigenvalue weighted by Crippen LogP contribution is 2.62. The molecule has 1 aromatic heterocycles. The molecule has 1 N–H and O–H groups in total. The van der Waals surface area contributed by atoms with Crippen LogP contribution in [0.15, 0.2) is 48.7 Å². The topological polar surface area (TPSA) is 85.4 Å². The van der Waals surface area contributed by atoms with Crippen LogP contribution in [0.5, 0.6) is 5.75 Å². The molecule has 1 heterocycles. The Morgan fingerprint density at radius 3 is 2.57 bits per heavy atom. The fourth-order valence-electron chi connectivity index (χ4n) is 4.80. The minimum absolute atomic E-state index is 0.106. The lowest BCUT2D eigenvalue weighted by Gasteiger charge is -2.35. The molecule has 0 spiro atoms. The lowest BCUT2D eigenvalue weighted by molar-refractivity contribution is -0.121. The summed E-state index contributed by atoms with van der Waals surface area (Å²) in [6.45, 7) is 4.07. The Balaban J connectivity index is 1.62. The Morgan fingerprint density at radius 2 is 1.93 bits per heavy atom. The van der Waals surface area contributed by atoms with Crippen LogP contribution < -0.4 is 9.46 Å². The number of sulfonamides is 1. The number of nitrogens with one attached hydrogen (secondary N) is 1. The molecule has 0 unspecified atom stereocenters. The van der Waals surface area contributed by atoms with Gasteiger partial charge in [0.25, 0.3) is 0 Å². The Hall–Kier alpha value is -2.41. The molecular formula is C21H24N2O4S. The summed E-state index contributed by atoms with van der Waals surface area (Å²) >= 11 is 0. The van der Waals surface area contributed by atoms with E-state index < -0.39 is 20.2 Å². The molecule has 148 valence electrons. The number of hydrogen-bond donors (Lipinski definition) is 1. The zero-order valence-corrected chi connectivity index (χ0v) is 16.8. The number of ether oxygens (including phenoxy) is 1. The molecule has 2 aliphatic rings. The second-order valence-electron chi connectivity index (χ2n) is 8.14.